The zero-order valence-corrected chi connectivity index (χ0v) is 13.8. The number of rotatable bonds is 10. The SMILES string of the molecule is CCc1ccc(C(CC)NCCCN(CC)CC)cc1. The van der Waals surface area contributed by atoms with E-state index in [0.29, 0.717) is 6.04 Å². The quantitative estimate of drug-likeness (QED) is 0.649. The van der Waals surface area contributed by atoms with Crippen LogP contribution >= 0.6 is 0 Å². The third kappa shape index (κ3) is 5.64. The molecule has 0 fully saturated rings. The van der Waals surface area contributed by atoms with Gasteiger partial charge in [-0.3, -0.25) is 0 Å². The molecule has 2 heteroatoms. The zero-order valence-electron chi connectivity index (χ0n) is 13.8. The first kappa shape index (κ1) is 17.2. The highest BCUT2D eigenvalue weighted by atomic mass is 15.1. The Morgan fingerprint density at radius 2 is 1.65 bits per heavy atom. The van der Waals surface area contributed by atoms with E-state index in [1.54, 1.807) is 0 Å². The Morgan fingerprint density at radius 1 is 1.00 bits per heavy atom. The van der Waals surface area contributed by atoms with Crippen molar-refractivity contribution < 1.29 is 0 Å². The lowest BCUT2D eigenvalue weighted by atomic mass is 10.0. The summed E-state index contributed by atoms with van der Waals surface area (Å²) in [6.45, 7) is 13.6. The minimum absolute atomic E-state index is 0.498. The number of nitrogens with one attached hydrogen (secondary N) is 1. The third-order valence-corrected chi connectivity index (χ3v) is 4.13. The molecule has 0 aromatic heterocycles. The lowest BCUT2D eigenvalue weighted by Crippen LogP contribution is -2.28. The van der Waals surface area contributed by atoms with E-state index < -0.39 is 0 Å². The zero-order chi connectivity index (χ0) is 14.8. The normalized spacial score (nSPS) is 12.8. The van der Waals surface area contributed by atoms with Crippen LogP contribution in [0.15, 0.2) is 24.3 Å². The van der Waals surface area contributed by atoms with Gasteiger partial charge in [0.2, 0.25) is 0 Å². The van der Waals surface area contributed by atoms with E-state index in [1.165, 1.54) is 24.1 Å². The highest BCUT2D eigenvalue weighted by molar-refractivity contribution is 5.24. The summed E-state index contributed by atoms with van der Waals surface area (Å²) >= 11 is 0. The Morgan fingerprint density at radius 3 is 2.15 bits per heavy atom. The van der Waals surface area contributed by atoms with Gasteiger partial charge in [-0.15, -0.1) is 0 Å². The average molecular weight is 276 g/mol. The third-order valence-electron chi connectivity index (χ3n) is 4.13. The van der Waals surface area contributed by atoms with Crippen LogP contribution in [0, 0.1) is 0 Å². The summed E-state index contributed by atoms with van der Waals surface area (Å²) in [4.78, 5) is 2.48. The van der Waals surface area contributed by atoms with Crippen molar-refractivity contribution in [3.05, 3.63) is 35.4 Å². The van der Waals surface area contributed by atoms with Gasteiger partial charge in [-0.05, 0) is 56.6 Å². The van der Waals surface area contributed by atoms with Crippen molar-refractivity contribution in [2.45, 2.75) is 53.0 Å². The molecule has 1 aromatic rings. The molecular formula is C18H32N2. The lowest BCUT2D eigenvalue weighted by Gasteiger charge is -2.21. The largest absolute Gasteiger partial charge is 0.310 e. The second kappa shape index (κ2) is 9.95. The van der Waals surface area contributed by atoms with Crippen LogP contribution in [-0.2, 0) is 6.42 Å². The molecule has 0 aliphatic heterocycles. The van der Waals surface area contributed by atoms with E-state index in [-0.39, 0.29) is 0 Å². The smallest absolute Gasteiger partial charge is 0.0317 e. The average Bonchev–Trinajstić information content (AvgIpc) is 2.51. The predicted molar refractivity (Wildman–Crippen MR) is 89.3 cm³/mol. The monoisotopic (exact) mass is 276 g/mol. The maximum atomic E-state index is 3.70. The molecule has 0 saturated heterocycles. The van der Waals surface area contributed by atoms with E-state index in [2.05, 4.69) is 62.2 Å². The molecule has 0 amide bonds. The molecule has 114 valence electrons. The van der Waals surface area contributed by atoms with Crippen molar-refractivity contribution in [3.8, 4) is 0 Å². The fourth-order valence-electron chi connectivity index (χ4n) is 2.60. The van der Waals surface area contributed by atoms with Crippen LogP contribution in [-0.4, -0.2) is 31.1 Å². The van der Waals surface area contributed by atoms with Crippen LogP contribution in [0.5, 0.6) is 0 Å². The van der Waals surface area contributed by atoms with Crippen LogP contribution in [0.25, 0.3) is 0 Å². The summed E-state index contributed by atoms with van der Waals surface area (Å²) in [5.41, 5.74) is 2.85. The Bertz CT molecular complexity index is 341. The second-order valence-electron chi connectivity index (χ2n) is 5.39. The first-order chi connectivity index (χ1) is 9.74. The van der Waals surface area contributed by atoms with E-state index in [0.717, 1.165) is 32.5 Å². The Kier molecular flexibility index (Phi) is 8.56. The first-order valence-electron chi connectivity index (χ1n) is 8.29. The van der Waals surface area contributed by atoms with E-state index in [9.17, 15) is 0 Å². The lowest BCUT2D eigenvalue weighted by molar-refractivity contribution is 0.295. The molecule has 0 radical (unpaired) electrons. The summed E-state index contributed by atoms with van der Waals surface area (Å²) in [7, 11) is 0. The van der Waals surface area contributed by atoms with Crippen LogP contribution in [0.2, 0.25) is 0 Å². The Labute approximate surface area is 125 Å². The van der Waals surface area contributed by atoms with E-state index in [4.69, 9.17) is 0 Å². The van der Waals surface area contributed by atoms with Crippen LogP contribution < -0.4 is 5.32 Å². The van der Waals surface area contributed by atoms with Crippen LogP contribution in [0.4, 0.5) is 0 Å². The highest BCUT2D eigenvalue weighted by Crippen LogP contribution is 2.17. The molecule has 0 heterocycles. The molecule has 0 spiro atoms. The maximum absolute atomic E-state index is 3.70. The van der Waals surface area contributed by atoms with Crippen molar-refractivity contribution >= 4 is 0 Å². The van der Waals surface area contributed by atoms with Gasteiger partial charge in [-0.2, -0.15) is 0 Å². The number of hydrogen-bond acceptors (Lipinski definition) is 2. The minimum Gasteiger partial charge on any atom is -0.310 e. The summed E-state index contributed by atoms with van der Waals surface area (Å²) < 4.78 is 0. The summed E-state index contributed by atoms with van der Waals surface area (Å²) in [5, 5.41) is 3.70. The number of benzene rings is 1. The molecular weight excluding hydrogens is 244 g/mol. The van der Waals surface area contributed by atoms with Gasteiger partial charge in [-0.1, -0.05) is 52.0 Å². The Hall–Kier alpha value is -0.860. The topological polar surface area (TPSA) is 15.3 Å². The van der Waals surface area contributed by atoms with E-state index >= 15 is 0 Å². The molecule has 1 N–H and O–H groups in total. The summed E-state index contributed by atoms with van der Waals surface area (Å²) in [6.07, 6.45) is 3.50. The molecule has 1 atom stereocenters. The fourth-order valence-corrected chi connectivity index (χ4v) is 2.60. The van der Waals surface area contributed by atoms with Crippen molar-refractivity contribution in [2.24, 2.45) is 0 Å². The molecule has 0 aliphatic carbocycles. The van der Waals surface area contributed by atoms with Crippen molar-refractivity contribution in [2.75, 3.05) is 26.2 Å². The summed E-state index contributed by atoms with van der Waals surface area (Å²) in [5.74, 6) is 0. The molecule has 20 heavy (non-hydrogen) atoms. The van der Waals surface area contributed by atoms with Crippen LogP contribution in [0.3, 0.4) is 0 Å². The van der Waals surface area contributed by atoms with Gasteiger partial charge in [0.1, 0.15) is 0 Å². The molecule has 0 bridgehead atoms. The van der Waals surface area contributed by atoms with Gasteiger partial charge in [-0.25, -0.2) is 0 Å². The van der Waals surface area contributed by atoms with Gasteiger partial charge < -0.3 is 10.2 Å². The van der Waals surface area contributed by atoms with Gasteiger partial charge >= 0.3 is 0 Å². The molecule has 2 nitrogen and oxygen atoms in total. The van der Waals surface area contributed by atoms with Gasteiger partial charge in [0.05, 0.1) is 0 Å². The molecule has 1 unspecified atom stereocenters. The summed E-state index contributed by atoms with van der Waals surface area (Å²) in [6, 6.07) is 9.58. The number of aryl methyl sites for hydroxylation is 1. The van der Waals surface area contributed by atoms with E-state index in [1.807, 2.05) is 0 Å². The molecule has 0 aliphatic rings. The highest BCUT2D eigenvalue weighted by Gasteiger charge is 2.08. The standard InChI is InChI=1S/C18H32N2/c1-5-16-10-12-17(13-11-16)18(6-2)19-14-9-15-20(7-3)8-4/h10-13,18-19H,5-9,14-15H2,1-4H3. The number of hydrogen-bond donors (Lipinski definition) is 1. The second-order valence-corrected chi connectivity index (χ2v) is 5.39. The van der Waals surface area contributed by atoms with Gasteiger partial charge in [0.25, 0.3) is 0 Å². The van der Waals surface area contributed by atoms with Crippen molar-refractivity contribution in [3.63, 3.8) is 0 Å². The number of nitrogens with zero attached hydrogens (tertiary/aromatic N) is 1. The molecule has 1 rings (SSSR count). The first-order valence-corrected chi connectivity index (χ1v) is 8.29. The fraction of sp³-hybridized carbons (Fsp3) is 0.667. The Balaban J connectivity index is 2.38. The predicted octanol–water partition coefficient (Wildman–Crippen LogP) is 4.02. The minimum atomic E-state index is 0.498. The van der Waals surface area contributed by atoms with Gasteiger partial charge in [0.15, 0.2) is 0 Å². The molecule has 0 saturated carbocycles. The van der Waals surface area contributed by atoms with Crippen molar-refractivity contribution in [1.29, 1.82) is 0 Å². The maximum Gasteiger partial charge on any atom is 0.0317 e. The van der Waals surface area contributed by atoms with Crippen molar-refractivity contribution in [1.82, 2.24) is 10.2 Å². The molecule has 1 aromatic carbocycles. The van der Waals surface area contributed by atoms with Crippen LogP contribution in [0.1, 0.15) is 57.7 Å². The van der Waals surface area contributed by atoms with Gasteiger partial charge in [0, 0.05) is 6.04 Å².